The standard InChI is InChI=1S/C24F46O5/c25-1(5(29,30)11(41,17(51,52)53)72-23(67,68)13(43,19(57,58)59)74-21(63,64)9(37,38)7(33,34)15(45,46)47)3(27)71-4(28)2(26)6(31,32)12(42,18(54,55)56)73-24(69,70)14(44,20(60,61)62)75-22(65,66)10(39,40)8(35,36)16(48,49)50. The molecule has 0 bridgehead atoms. The molecule has 0 aromatic rings. The van der Waals surface area contributed by atoms with Crippen LogP contribution >= 0.6 is 0 Å². The zero-order valence-corrected chi connectivity index (χ0v) is 31.4. The van der Waals surface area contributed by atoms with E-state index in [0.717, 1.165) is 9.47 Å². The molecule has 0 radical (unpaired) electrons. The van der Waals surface area contributed by atoms with Crippen molar-refractivity contribution in [3.63, 3.8) is 0 Å². The Morgan fingerprint density at radius 1 is 0.200 bits per heavy atom. The molecule has 0 aliphatic heterocycles. The highest BCUT2D eigenvalue weighted by molar-refractivity contribution is 5.19. The summed E-state index contributed by atoms with van der Waals surface area (Å²) in [5.74, 6) is -104. The van der Waals surface area contributed by atoms with Crippen LogP contribution in [0.15, 0.2) is 23.7 Å². The zero-order valence-electron chi connectivity index (χ0n) is 31.4. The van der Waals surface area contributed by atoms with Crippen LogP contribution in [0.2, 0.25) is 0 Å². The molecule has 0 spiro atoms. The van der Waals surface area contributed by atoms with Crippen LogP contribution in [0, 0.1) is 0 Å². The minimum absolute atomic E-state index is 0.704. The molecule has 4 atom stereocenters. The Hall–Kier alpha value is -4.10. The van der Waals surface area contributed by atoms with Crippen LogP contribution in [-0.4, -0.2) is 120 Å². The van der Waals surface area contributed by atoms with Crippen molar-refractivity contribution in [3.8, 4) is 0 Å². The maximum atomic E-state index is 14.6. The third-order valence-electron chi connectivity index (χ3n) is 7.40. The Bertz CT molecular complexity index is 1950. The van der Waals surface area contributed by atoms with Gasteiger partial charge in [0.25, 0.3) is 0 Å². The average molecular weight is 1240 g/mol. The molecule has 0 saturated heterocycles. The van der Waals surface area contributed by atoms with Gasteiger partial charge in [0.2, 0.25) is 11.7 Å². The topological polar surface area (TPSA) is 46.2 Å². The lowest BCUT2D eigenvalue weighted by Crippen LogP contribution is -2.70. The van der Waals surface area contributed by atoms with Gasteiger partial charge in [0, 0.05) is 0 Å². The smallest absolute Gasteiger partial charge is 0.400 e. The first-order valence-electron chi connectivity index (χ1n) is 15.2. The molecule has 75 heavy (non-hydrogen) atoms. The maximum Gasteiger partial charge on any atom is 0.460 e. The molecule has 0 heterocycles. The van der Waals surface area contributed by atoms with E-state index in [-0.39, 0.29) is 0 Å². The predicted octanol–water partition coefficient (Wildman–Crippen LogP) is 15.5. The summed E-state index contributed by atoms with van der Waals surface area (Å²) in [5, 5.41) is 0. The molecule has 0 aromatic carbocycles. The number of hydrogen-bond acceptors (Lipinski definition) is 5. The Labute approximate surface area is 371 Å². The van der Waals surface area contributed by atoms with Crippen LogP contribution in [0.25, 0.3) is 0 Å². The number of alkyl halides is 42. The van der Waals surface area contributed by atoms with E-state index in [0.29, 0.717) is 9.47 Å². The minimum Gasteiger partial charge on any atom is -0.400 e. The largest absolute Gasteiger partial charge is 0.460 e. The lowest BCUT2D eigenvalue weighted by Gasteiger charge is -2.42. The van der Waals surface area contributed by atoms with Crippen LogP contribution in [-0.2, 0) is 23.7 Å². The van der Waals surface area contributed by atoms with Crippen molar-refractivity contribution >= 4 is 0 Å². The molecule has 0 N–H and O–H groups in total. The molecule has 51 heteroatoms. The summed E-state index contributed by atoms with van der Waals surface area (Å²) in [6.07, 6.45) is -89.9. The average Bonchev–Trinajstić information content (AvgIpc) is 3.12. The van der Waals surface area contributed by atoms with Gasteiger partial charge in [0.1, 0.15) is 0 Å². The first-order chi connectivity index (χ1) is 31.7. The van der Waals surface area contributed by atoms with Crippen molar-refractivity contribution in [1.82, 2.24) is 0 Å². The molecule has 0 aliphatic rings. The third kappa shape index (κ3) is 11.2. The molecule has 4 unspecified atom stereocenters. The first kappa shape index (κ1) is 70.9. The van der Waals surface area contributed by atoms with Gasteiger partial charge in [-0.05, 0) is 0 Å². The van der Waals surface area contributed by atoms with Crippen molar-refractivity contribution < 1.29 is 226 Å². The van der Waals surface area contributed by atoms with Crippen LogP contribution in [0.1, 0.15) is 0 Å². The van der Waals surface area contributed by atoms with Crippen molar-refractivity contribution in [3.05, 3.63) is 23.7 Å². The highest BCUT2D eigenvalue weighted by Gasteiger charge is 2.92. The van der Waals surface area contributed by atoms with E-state index in [2.05, 4.69) is 0 Å². The lowest BCUT2D eigenvalue weighted by molar-refractivity contribution is -0.561. The van der Waals surface area contributed by atoms with Gasteiger partial charge in [-0.15, -0.1) is 0 Å². The number of hydrogen-bond donors (Lipinski definition) is 0. The van der Waals surface area contributed by atoms with Gasteiger partial charge >= 0.3 is 132 Å². The highest BCUT2D eigenvalue weighted by atomic mass is 19.5. The second-order valence-corrected chi connectivity index (χ2v) is 12.6. The summed E-state index contributed by atoms with van der Waals surface area (Å²) < 4.78 is 623. The fraction of sp³-hybridized carbons (Fsp3) is 0.833. The molecule has 0 aliphatic carbocycles. The maximum absolute atomic E-state index is 14.6. The van der Waals surface area contributed by atoms with Crippen LogP contribution in [0.4, 0.5) is 202 Å². The second-order valence-electron chi connectivity index (χ2n) is 12.6. The van der Waals surface area contributed by atoms with Crippen LogP contribution in [0.3, 0.4) is 0 Å². The zero-order chi connectivity index (χ0) is 61.8. The van der Waals surface area contributed by atoms with Crippen LogP contribution in [0.5, 0.6) is 0 Å². The summed E-state index contributed by atoms with van der Waals surface area (Å²) >= 11 is 0. The van der Waals surface area contributed by atoms with E-state index in [1.165, 1.54) is 4.74 Å². The molecule has 448 valence electrons. The van der Waals surface area contributed by atoms with E-state index < -0.39 is 144 Å². The highest BCUT2D eigenvalue weighted by Crippen LogP contribution is 2.63. The van der Waals surface area contributed by atoms with E-state index in [1.807, 2.05) is 0 Å². The van der Waals surface area contributed by atoms with Gasteiger partial charge in [-0.1, -0.05) is 0 Å². The third-order valence-corrected chi connectivity index (χ3v) is 7.40. The molecular formula is C24F46O5. The fourth-order valence-corrected chi connectivity index (χ4v) is 3.55. The Balaban J connectivity index is 8.05. The van der Waals surface area contributed by atoms with Gasteiger partial charge in [-0.2, -0.15) is 202 Å². The van der Waals surface area contributed by atoms with Gasteiger partial charge in [-0.25, -0.2) is 0 Å². The van der Waals surface area contributed by atoms with Crippen molar-refractivity contribution in [2.75, 3.05) is 0 Å². The summed E-state index contributed by atoms with van der Waals surface area (Å²) in [5.41, 5.74) is 0. The van der Waals surface area contributed by atoms with E-state index in [4.69, 9.17) is 0 Å². The predicted molar refractivity (Wildman–Crippen MR) is 125 cm³/mol. The molecule has 5 nitrogen and oxygen atoms in total. The Morgan fingerprint density at radius 3 is 0.533 bits per heavy atom. The van der Waals surface area contributed by atoms with Gasteiger partial charge < -0.3 is 4.74 Å². The Kier molecular flexibility index (Phi) is 17.8. The minimum atomic E-state index is -9.45. The molecule has 0 saturated carbocycles. The van der Waals surface area contributed by atoms with Crippen molar-refractivity contribution in [2.45, 2.75) is 120 Å². The van der Waals surface area contributed by atoms with Gasteiger partial charge in [0.15, 0.2) is 0 Å². The van der Waals surface area contributed by atoms with E-state index >= 15 is 0 Å². The first-order valence-corrected chi connectivity index (χ1v) is 15.2. The summed E-state index contributed by atoms with van der Waals surface area (Å²) in [7, 11) is 0. The van der Waals surface area contributed by atoms with Crippen molar-refractivity contribution in [1.29, 1.82) is 0 Å². The van der Waals surface area contributed by atoms with E-state index in [1.54, 1.807) is 0 Å². The summed E-state index contributed by atoms with van der Waals surface area (Å²) in [6.45, 7) is 0. The lowest BCUT2D eigenvalue weighted by atomic mass is 10.1. The normalized spacial score (nSPS) is 19.9. The van der Waals surface area contributed by atoms with Gasteiger partial charge in [0.05, 0.1) is 0 Å². The summed E-state index contributed by atoms with van der Waals surface area (Å²) in [4.78, 5) is 0. The number of rotatable bonds is 20. The number of halogens is 46. The second kappa shape index (κ2) is 18.8. The molecular weight excluding hydrogens is 1240 g/mol. The summed E-state index contributed by atoms with van der Waals surface area (Å²) in [6, 6.07) is -11.5. The molecule has 0 rings (SSSR count). The van der Waals surface area contributed by atoms with Crippen molar-refractivity contribution in [2.24, 2.45) is 0 Å². The van der Waals surface area contributed by atoms with Crippen LogP contribution < -0.4 is 0 Å². The fourth-order valence-electron chi connectivity index (χ4n) is 3.55. The quantitative estimate of drug-likeness (QED) is 0.0898. The Morgan fingerprint density at radius 2 is 0.373 bits per heavy atom. The van der Waals surface area contributed by atoms with Gasteiger partial charge in [-0.3, -0.25) is 18.9 Å². The molecule has 0 fully saturated rings. The molecule has 0 amide bonds. The van der Waals surface area contributed by atoms with E-state index in [9.17, 15) is 202 Å². The monoisotopic (exact) mass is 1240 g/mol. The SMILES string of the molecule is FC(OC(F)=C(F)C(F)(F)C(F)(OC(F)(F)C(F)(OC(F)(F)C(F)(F)C(F)(F)C(F)(F)F)C(F)(F)F)C(F)(F)F)=C(F)C(F)(F)C(F)(OC(F)(F)C(F)(OC(F)(F)C(F)(F)C(F)(F)C(F)(F)F)C(F)(F)F)C(F)(F)F. The number of ether oxygens (including phenoxy) is 5. The molecule has 0 aromatic heterocycles.